The molecule has 0 aliphatic heterocycles. The minimum absolute atomic E-state index is 0.0936. The highest BCUT2D eigenvalue weighted by Gasteiger charge is 2.25. The lowest BCUT2D eigenvalue weighted by Gasteiger charge is -2.16. The number of hydrogen-bond donors (Lipinski definition) is 1. The van der Waals surface area contributed by atoms with E-state index in [0.29, 0.717) is 11.1 Å². The van der Waals surface area contributed by atoms with E-state index in [2.05, 4.69) is 0 Å². The van der Waals surface area contributed by atoms with Gasteiger partial charge in [-0.25, -0.2) is 4.39 Å². The molecule has 2 aromatic carbocycles. The Morgan fingerprint density at radius 1 is 1.18 bits per heavy atom. The van der Waals surface area contributed by atoms with E-state index in [-0.39, 0.29) is 23.2 Å². The maximum atomic E-state index is 13.1. The molecule has 1 N–H and O–H groups in total. The molecule has 0 radical (unpaired) electrons. The second-order valence-electron chi connectivity index (χ2n) is 6.53. The van der Waals surface area contributed by atoms with Gasteiger partial charge in [0.1, 0.15) is 17.4 Å². The van der Waals surface area contributed by atoms with Gasteiger partial charge >= 0.3 is 0 Å². The largest absolute Gasteiger partial charge is 0.494 e. The maximum Gasteiger partial charge on any atom is 0.271 e. The van der Waals surface area contributed by atoms with Gasteiger partial charge in [0, 0.05) is 5.56 Å². The first-order chi connectivity index (χ1) is 13.3. The third-order valence-electron chi connectivity index (χ3n) is 4.56. The molecule has 3 rings (SSSR count). The van der Waals surface area contributed by atoms with Crippen molar-refractivity contribution in [3.8, 4) is 11.9 Å². The molecule has 0 aliphatic carbocycles. The van der Waals surface area contributed by atoms with Crippen LogP contribution in [0.15, 0.2) is 53.3 Å². The fraction of sp³-hybridized carbons (Fsp3) is 0.136. The number of carbonyl (C=O) groups is 1. The van der Waals surface area contributed by atoms with Gasteiger partial charge in [0.25, 0.3) is 5.56 Å². The fourth-order valence-corrected chi connectivity index (χ4v) is 3.07. The second-order valence-corrected chi connectivity index (χ2v) is 6.53. The van der Waals surface area contributed by atoms with Crippen LogP contribution in [0.1, 0.15) is 38.2 Å². The number of hydrogen-bond acceptors (Lipinski definition) is 4. The molecule has 0 fully saturated rings. The minimum atomic E-state index is -0.706. The van der Waals surface area contributed by atoms with Crippen molar-refractivity contribution >= 4 is 5.78 Å². The summed E-state index contributed by atoms with van der Waals surface area (Å²) in [4.78, 5) is 25.7. The Bertz CT molecular complexity index is 1170. The van der Waals surface area contributed by atoms with E-state index in [9.17, 15) is 24.3 Å². The summed E-state index contributed by atoms with van der Waals surface area (Å²) in [6, 6.07) is 14.1. The van der Waals surface area contributed by atoms with E-state index in [1.807, 2.05) is 19.1 Å². The van der Waals surface area contributed by atoms with Crippen LogP contribution in [0.25, 0.3) is 0 Å². The first-order valence-electron chi connectivity index (χ1n) is 8.55. The number of benzene rings is 2. The van der Waals surface area contributed by atoms with Gasteiger partial charge in [-0.15, -0.1) is 0 Å². The molecule has 0 bridgehead atoms. The summed E-state index contributed by atoms with van der Waals surface area (Å²) >= 11 is 0. The Balaban J connectivity index is 2.20. The molecule has 0 saturated carbocycles. The SMILES string of the molecule is Cc1cccc(C(=O)c2c(C)c(C#N)c(=O)n(Cc3ccc(F)cc3)c2O)c1. The van der Waals surface area contributed by atoms with Gasteiger partial charge < -0.3 is 5.11 Å². The Morgan fingerprint density at radius 3 is 2.46 bits per heavy atom. The summed E-state index contributed by atoms with van der Waals surface area (Å²) < 4.78 is 14.1. The van der Waals surface area contributed by atoms with Gasteiger partial charge in [0.05, 0.1) is 12.1 Å². The molecular formula is C22H17FN2O3. The average molecular weight is 376 g/mol. The molecule has 5 nitrogen and oxygen atoms in total. The number of aromatic nitrogens is 1. The van der Waals surface area contributed by atoms with Gasteiger partial charge in [-0.2, -0.15) is 5.26 Å². The smallest absolute Gasteiger partial charge is 0.271 e. The molecule has 6 heteroatoms. The second kappa shape index (κ2) is 7.49. The first kappa shape index (κ1) is 19.1. The molecule has 3 aromatic rings. The third kappa shape index (κ3) is 3.42. The normalized spacial score (nSPS) is 10.5. The van der Waals surface area contributed by atoms with Crippen molar-refractivity contribution in [3.63, 3.8) is 0 Å². The van der Waals surface area contributed by atoms with Crippen molar-refractivity contribution in [2.75, 3.05) is 0 Å². The highest BCUT2D eigenvalue weighted by Crippen LogP contribution is 2.26. The number of nitriles is 1. The van der Waals surface area contributed by atoms with Crippen LogP contribution in [0.3, 0.4) is 0 Å². The van der Waals surface area contributed by atoms with Crippen LogP contribution in [-0.2, 0) is 6.54 Å². The van der Waals surface area contributed by atoms with Crippen molar-refractivity contribution in [1.82, 2.24) is 4.57 Å². The van der Waals surface area contributed by atoms with E-state index in [0.717, 1.165) is 10.1 Å². The molecule has 0 atom stereocenters. The molecule has 0 amide bonds. The molecule has 140 valence electrons. The highest BCUT2D eigenvalue weighted by atomic mass is 19.1. The van der Waals surface area contributed by atoms with Crippen molar-refractivity contribution in [2.45, 2.75) is 20.4 Å². The zero-order valence-electron chi connectivity index (χ0n) is 15.4. The van der Waals surface area contributed by atoms with Gasteiger partial charge in [-0.05, 0) is 43.2 Å². The van der Waals surface area contributed by atoms with Gasteiger partial charge in [-0.1, -0.05) is 35.9 Å². The number of pyridine rings is 1. The summed E-state index contributed by atoms with van der Waals surface area (Å²) in [5, 5.41) is 20.2. The first-order valence-corrected chi connectivity index (χ1v) is 8.55. The zero-order valence-corrected chi connectivity index (χ0v) is 15.4. The van der Waals surface area contributed by atoms with Crippen molar-refractivity contribution in [1.29, 1.82) is 5.26 Å². The van der Waals surface area contributed by atoms with Crippen LogP contribution in [0.5, 0.6) is 5.88 Å². The predicted molar refractivity (Wildman–Crippen MR) is 102 cm³/mol. The van der Waals surface area contributed by atoms with Crippen LogP contribution in [0.2, 0.25) is 0 Å². The van der Waals surface area contributed by atoms with Crippen LogP contribution in [0.4, 0.5) is 4.39 Å². The van der Waals surface area contributed by atoms with Crippen molar-refractivity contribution in [2.24, 2.45) is 0 Å². The number of halogens is 1. The Morgan fingerprint density at radius 2 is 1.86 bits per heavy atom. The Kier molecular flexibility index (Phi) is 5.10. The van der Waals surface area contributed by atoms with Crippen LogP contribution < -0.4 is 5.56 Å². The summed E-state index contributed by atoms with van der Waals surface area (Å²) in [6.07, 6.45) is 0. The van der Waals surface area contributed by atoms with Crippen LogP contribution in [0, 0.1) is 31.0 Å². The van der Waals surface area contributed by atoms with E-state index < -0.39 is 23.0 Å². The van der Waals surface area contributed by atoms with Gasteiger partial charge in [-0.3, -0.25) is 14.2 Å². The summed E-state index contributed by atoms with van der Waals surface area (Å²) in [5.74, 6) is -1.43. The van der Waals surface area contributed by atoms with E-state index in [4.69, 9.17) is 0 Å². The maximum absolute atomic E-state index is 13.1. The number of nitrogens with zero attached hydrogens (tertiary/aromatic N) is 2. The molecule has 0 saturated heterocycles. The number of carbonyl (C=O) groups excluding carboxylic acids is 1. The lowest BCUT2D eigenvalue weighted by Crippen LogP contribution is -2.27. The molecule has 0 aliphatic rings. The number of aryl methyl sites for hydroxylation is 1. The van der Waals surface area contributed by atoms with Crippen LogP contribution >= 0.6 is 0 Å². The van der Waals surface area contributed by atoms with Gasteiger partial charge in [0.2, 0.25) is 5.88 Å². The number of aromatic hydroxyl groups is 1. The monoisotopic (exact) mass is 376 g/mol. The molecule has 1 heterocycles. The molecule has 0 unspecified atom stereocenters. The number of ketones is 1. The lowest BCUT2D eigenvalue weighted by atomic mass is 9.96. The standard InChI is InChI=1S/C22H17FN2O3/c1-13-4-3-5-16(10-13)20(26)19-14(2)18(11-24)21(27)25(22(19)28)12-15-6-8-17(23)9-7-15/h3-10,28H,12H2,1-2H3. The van der Waals surface area contributed by atoms with E-state index in [1.165, 1.54) is 31.2 Å². The quantitative estimate of drug-likeness (QED) is 0.707. The van der Waals surface area contributed by atoms with E-state index >= 15 is 0 Å². The summed E-state index contributed by atoms with van der Waals surface area (Å²) in [7, 11) is 0. The van der Waals surface area contributed by atoms with E-state index in [1.54, 1.807) is 18.2 Å². The van der Waals surface area contributed by atoms with Crippen LogP contribution in [-0.4, -0.2) is 15.5 Å². The van der Waals surface area contributed by atoms with Gasteiger partial charge in [0.15, 0.2) is 5.78 Å². The average Bonchev–Trinajstić information content (AvgIpc) is 2.67. The topological polar surface area (TPSA) is 83.1 Å². The molecule has 28 heavy (non-hydrogen) atoms. The molecular weight excluding hydrogens is 359 g/mol. The fourth-order valence-electron chi connectivity index (χ4n) is 3.07. The highest BCUT2D eigenvalue weighted by molar-refractivity contribution is 6.11. The zero-order chi connectivity index (χ0) is 20.4. The Hall–Kier alpha value is -3.72. The predicted octanol–water partition coefficient (Wildman–Crippen LogP) is 3.46. The summed E-state index contributed by atoms with van der Waals surface area (Å²) in [6.45, 7) is 3.19. The lowest BCUT2D eigenvalue weighted by molar-refractivity contribution is 0.103. The number of rotatable bonds is 4. The molecule has 1 aromatic heterocycles. The Labute approximate surface area is 160 Å². The minimum Gasteiger partial charge on any atom is -0.494 e. The molecule has 0 spiro atoms. The van der Waals surface area contributed by atoms with Crippen molar-refractivity contribution in [3.05, 3.63) is 98.1 Å². The summed E-state index contributed by atoms with van der Waals surface area (Å²) in [5.41, 5.74) is 0.868. The third-order valence-corrected chi connectivity index (χ3v) is 4.56. The van der Waals surface area contributed by atoms with Crippen molar-refractivity contribution < 1.29 is 14.3 Å².